The van der Waals surface area contributed by atoms with Gasteiger partial charge in [-0.05, 0) is 58.4 Å². The molecule has 0 amide bonds. The van der Waals surface area contributed by atoms with E-state index in [1.165, 1.54) is 0 Å². The molecule has 0 aromatic heterocycles. The van der Waals surface area contributed by atoms with E-state index in [-0.39, 0.29) is 6.10 Å². The van der Waals surface area contributed by atoms with Crippen LogP contribution >= 0.6 is 0 Å². The lowest BCUT2D eigenvalue weighted by molar-refractivity contribution is 0.00752. The van der Waals surface area contributed by atoms with E-state index >= 15 is 0 Å². The largest absolute Gasteiger partial charge is 0.393 e. The Kier molecular flexibility index (Phi) is 6.00. The monoisotopic (exact) mass is 294 g/mol. The predicted octanol–water partition coefficient (Wildman–Crippen LogP) is 1.48. The summed E-state index contributed by atoms with van der Waals surface area (Å²) in [6, 6.07) is 3.51. The lowest BCUT2D eigenvalue weighted by Crippen LogP contribution is -2.51. The minimum atomic E-state index is -0.176. The first-order chi connectivity index (χ1) is 10.0. The molecule has 0 saturated carbocycles. The van der Waals surface area contributed by atoms with E-state index in [0.29, 0.717) is 30.5 Å². The van der Waals surface area contributed by atoms with Gasteiger partial charge in [0.15, 0.2) is 0 Å². The highest BCUT2D eigenvalue weighted by Crippen LogP contribution is 2.29. The van der Waals surface area contributed by atoms with E-state index < -0.39 is 0 Å². The topological polar surface area (TPSA) is 76.5 Å². The van der Waals surface area contributed by atoms with Crippen LogP contribution in [-0.2, 0) is 0 Å². The van der Waals surface area contributed by atoms with E-state index in [9.17, 15) is 5.11 Å². The van der Waals surface area contributed by atoms with Crippen LogP contribution in [-0.4, -0.2) is 52.8 Å². The number of nitrogens with zero attached hydrogens (tertiary/aromatic N) is 3. The molecule has 0 bridgehead atoms. The van der Waals surface area contributed by atoms with Crippen molar-refractivity contribution >= 4 is 0 Å². The lowest BCUT2D eigenvalue weighted by Gasteiger charge is -2.42. The SMILES string of the molecule is C[C@@H]1CC(O)C[C@@H](CC2CCC(CC#N)CCN2N)N1C. The average molecular weight is 294 g/mol. The van der Waals surface area contributed by atoms with Crippen LogP contribution in [0, 0.1) is 17.2 Å². The maximum Gasteiger partial charge on any atom is 0.0624 e. The van der Waals surface area contributed by atoms with Gasteiger partial charge in [-0.2, -0.15) is 5.26 Å². The maximum absolute atomic E-state index is 10.0. The standard InChI is InChI=1S/C16H30N4O/c1-12-9-16(21)11-15(19(12)2)10-14-4-3-13(5-7-17)6-8-20(14)18/h12-16,21H,3-6,8-11,18H2,1-2H3/t12-,13?,14?,15-,16?/m1/s1. The van der Waals surface area contributed by atoms with Gasteiger partial charge in [0, 0.05) is 31.1 Å². The van der Waals surface area contributed by atoms with Gasteiger partial charge in [0.25, 0.3) is 0 Å². The van der Waals surface area contributed by atoms with Gasteiger partial charge in [-0.15, -0.1) is 0 Å². The first kappa shape index (κ1) is 16.7. The molecule has 2 saturated heterocycles. The van der Waals surface area contributed by atoms with Crippen molar-refractivity contribution in [2.75, 3.05) is 13.6 Å². The molecule has 120 valence electrons. The van der Waals surface area contributed by atoms with Crippen LogP contribution < -0.4 is 5.84 Å². The van der Waals surface area contributed by atoms with Crippen LogP contribution in [0.4, 0.5) is 0 Å². The number of piperidine rings is 1. The molecular weight excluding hydrogens is 264 g/mol. The van der Waals surface area contributed by atoms with Crippen LogP contribution in [0.25, 0.3) is 0 Å². The molecule has 21 heavy (non-hydrogen) atoms. The van der Waals surface area contributed by atoms with E-state index in [4.69, 9.17) is 11.1 Å². The van der Waals surface area contributed by atoms with Crippen LogP contribution in [0.5, 0.6) is 0 Å². The van der Waals surface area contributed by atoms with Crippen molar-refractivity contribution in [3.8, 4) is 6.07 Å². The average Bonchev–Trinajstić information content (AvgIpc) is 2.60. The number of nitrogens with two attached hydrogens (primary N) is 1. The summed E-state index contributed by atoms with van der Waals surface area (Å²) in [7, 11) is 2.16. The highest BCUT2D eigenvalue weighted by molar-refractivity contribution is 4.89. The summed E-state index contributed by atoms with van der Waals surface area (Å²) in [5, 5.41) is 20.9. The molecule has 2 rings (SSSR count). The van der Waals surface area contributed by atoms with E-state index in [2.05, 4.69) is 24.9 Å². The second-order valence-corrected chi connectivity index (χ2v) is 7.02. The fourth-order valence-electron chi connectivity index (χ4n) is 3.91. The normalized spacial score (nSPS) is 39.7. The molecule has 2 aliphatic heterocycles. The first-order valence-electron chi connectivity index (χ1n) is 8.29. The molecule has 2 heterocycles. The molecule has 2 fully saturated rings. The first-order valence-corrected chi connectivity index (χ1v) is 8.29. The van der Waals surface area contributed by atoms with Crippen molar-refractivity contribution in [1.82, 2.24) is 9.91 Å². The van der Waals surface area contributed by atoms with Crippen molar-refractivity contribution in [2.24, 2.45) is 11.8 Å². The molecule has 0 aromatic rings. The van der Waals surface area contributed by atoms with Crippen molar-refractivity contribution in [3.63, 3.8) is 0 Å². The summed E-state index contributed by atoms with van der Waals surface area (Å²) in [6.07, 6.45) is 6.41. The second kappa shape index (κ2) is 7.55. The summed E-state index contributed by atoms with van der Waals surface area (Å²) in [5.74, 6) is 6.74. The third-order valence-corrected chi connectivity index (χ3v) is 5.53. The Morgan fingerprint density at radius 1 is 1.24 bits per heavy atom. The number of aliphatic hydroxyl groups is 1. The highest BCUT2D eigenvalue weighted by Gasteiger charge is 2.33. The smallest absolute Gasteiger partial charge is 0.0624 e. The summed E-state index contributed by atoms with van der Waals surface area (Å²) in [6.45, 7) is 3.07. The van der Waals surface area contributed by atoms with E-state index in [1.54, 1.807) is 0 Å². The number of rotatable bonds is 3. The zero-order valence-electron chi connectivity index (χ0n) is 13.4. The summed E-state index contributed by atoms with van der Waals surface area (Å²) < 4.78 is 0. The van der Waals surface area contributed by atoms with Gasteiger partial charge in [-0.1, -0.05) is 0 Å². The van der Waals surface area contributed by atoms with Gasteiger partial charge in [-0.25, -0.2) is 5.01 Å². The van der Waals surface area contributed by atoms with Gasteiger partial charge in [0.2, 0.25) is 0 Å². The summed E-state index contributed by atoms with van der Waals surface area (Å²) in [4.78, 5) is 2.40. The molecule has 3 unspecified atom stereocenters. The second-order valence-electron chi connectivity index (χ2n) is 7.02. The fourth-order valence-corrected chi connectivity index (χ4v) is 3.91. The zero-order chi connectivity index (χ0) is 15.4. The third-order valence-electron chi connectivity index (χ3n) is 5.53. The number of hydrogen-bond donors (Lipinski definition) is 2. The third kappa shape index (κ3) is 4.40. The zero-order valence-corrected chi connectivity index (χ0v) is 13.4. The van der Waals surface area contributed by atoms with Crippen molar-refractivity contribution in [3.05, 3.63) is 0 Å². The van der Waals surface area contributed by atoms with E-state index in [0.717, 1.165) is 45.1 Å². The minimum Gasteiger partial charge on any atom is -0.393 e. The Balaban J connectivity index is 1.93. The maximum atomic E-state index is 10.0. The molecule has 5 heteroatoms. The van der Waals surface area contributed by atoms with Gasteiger partial charge in [0.05, 0.1) is 12.2 Å². The Morgan fingerprint density at radius 3 is 2.71 bits per heavy atom. The molecule has 0 aliphatic carbocycles. The minimum absolute atomic E-state index is 0.176. The van der Waals surface area contributed by atoms with Crippen LogP contribution in [0.2, 0.25) is 0 Å². The number of aliphatic hydroxyl groups excluding tert-OH is 1. The number of hydrogen-bond acceptors (Lipinski definition) is 5. The predicted molar refractivity (Wildman–Crippen MR) is 83.1 cm³/mol. The van der Waals surface area contributed by atoms with Crippen molar-refractivity contribution in [2.45, 2.75) is 76.1 Å². The Hall–Kier alpha value is -0.670. The number of likely N-dealkylation sites (tertiary alicyclic amines) is 1. The van der Waals surface area contributed by atoms with Gasteiger partial charge < -0.3 is 10.0 Å². The van der Waals surface area contributed by atoms with Crippen molar-refractivity contribution in [1.29, 1.82) is 5.26 Å². The van der Waals surface area contributed by atoms with Crippen LogP contribution in [0.3, 0.4) is 0 Å². The Morgan fingerprint density at radius 2 is 2.00 bits per heavy atom. The van der Waals surface area contributed by atoms with E-state index in [1.807, 2.05) is 5.01 Å². The number of nitriles is 1. The van der Waals surface area contributed by atoms with Crippen LogP contribution in [0.1, 0.15) is 51.9 Å². The molecular formula is C16H30N4O. The summed E-state index contributed by atoms with van der Waals surface area (Å²) >= 11 is 0. The summed E-state index contributed by atoms with van der Waals surface area (Å²) in [5.41, 5.74) is 0. The van der Waals surface area contributed by atoms with Crippen molar-refractivity contribution < 1.29 is 5.11 Å². The van der Waals surface area contributed by atoms with Gasteiger partial charge >= 0.3 is 0 Å². The van der Waals surface area contributed by atoms with Gasteiger partial charge in [0.1, 0.15) is 0 Å². The van der Waals surface area contributed by atoms with Crippen LogP contribution in [0.15, 0.2) is 0 Å². The molecule has 3 N–H and O–H groups in total. The quantitative estimate of drug-likeness (QED) is 0.771. The highest BCUT2D eigenvalue weighted by atomic mass is 16.3. The molecule has 2 aliphatic rings. The molecule has 0 aromatic carbocycles. The van der Waals surface area contributed by atoms with Gasteiger partial charge in [-0.3, -0.25) is 5.84 Å². The molecule has 5 nitrogen and oxygen atoms in total. The molecule has 0 spiro atoms. The number of hydrazine groups is 1. The molecule has 5 atom stereocenters. The Bertz CT molecular complexity index is 370. The Labute approximate surface area is 128 Å². The fraction of sp³-hybridized carbons (Fsp3) is 0.938. The molecule has 0 radical (unpaired) electrons. The lowest BCUT2D eigenvalue weighted by atomic mass is 9.88.